The van der Waals surface area contributed by atoms with E-state index in [0.29, 0.717) is 0 Å². The largest absolute Gasteiger partial charge is 0.482 e. The van der Waals surface area contributed by atoms with E-state index in [0.717, 1.165) is 11.1 Å². The van der Waals surface area contributed by atoms with Crippen LogP contribution in [-0.4, -0.2) is 16.6 Å². The van der Waals surface area contributed by atoms with E-state index in [1.807, 2.05) is 24.3 Å². The molecular formula is C16H13NO4. The van der Waals surface area contributed by atoms with Crippen LogP contribution in [0.3, 0.4) is 0 Å². The van der Waals surface area contributed by atoms with Crippen LogP contribution >= 0.6 is 0 Å². The number of nitro groups is 1. The second-order valence-electron chi connectivity index (χ2n) is 4.17. The fraction of sp³-hybridized carbons (Fsp3) is 0.125. The lowest BCUT2D eigenvalue weighted by molar-refractivity contribution is -0.385. The molecule has 21 heavy (non-hydrogen) atoms. The number of nitrogens with zero attached hydrogens (tertiary/aromatic N) is 1. The number of hydrogen-bond donors (Lipinski definition) is 1. The zero-order chi connectivity index (χ0) is 15.1. The van der Waals surface area contributed by atoms with Crippen LogP contribution in [0.25, 0.3) is 0 Å². The molecule has 2 rings (SSSR count). The van der Waals surface area contributed by atoms with Gasteiger partial charge in [-0.3, -0.25) is 10.1 Å². The molecule has 0 aliphatic heterocycles. The highest BCUT2D eigenvalue weighted by atomic mass is 16.6. The van der Waals surface area contributed by atoms with Gasteiger partial charge in [-0.15, -0.1) is 0 Å². The summed E-state index contributed by atoms with van der Waals surface area (Å²) in [7, 11) is 0. The molecule has 0 amide bonds. The Kier molecular flexibility index (Phi) is 4.91. The van der Waals surface area contributed by atoms with Gasteiger partial charge in [-0.2, -0.15) is 0 Å². The van der Waals surface area contributed by atoms with Crippen molar-refractivity contribution in [3.8, 4) is 17.6 Å². The Bertz CT molecular complexity index is 701. The lowest BCUT2D eigenvalue weighted by Gasteiger charge is -2.07. The monoisotopic (exact) mass is 283 g/mol. The second-order valence-corrected chi connectivity index (χ2v) is 4.17. The summed E-state index contributed by atoms with van der Waals surface area (Å²) in [6.07, 6.45) is 0. The Hall–Kier alpha value is -2.84. The van der Waals surface area contributed by atoms with Crippen LogP contribution in [0.2, 0.25) is 0 Å². The highest BCUT2D eigenvalue weighted by Crippen LogP contribution is 2.26. The van der Waals surface area contributed by atoms with Gasteiger partial charge in [0.25, 0.3) is 0 Å². The second kappa shape index (κ2) is 7.08. The Morgan fingerprint density at radius 1 is 1.19 bits per heavy atom. The molecule has 0 spiro atoms. The Morgan fingerprint density at radius 3 is 2.76 bits per heavy atom. The van der Waals surface area contributed by atoms with Crippen molar-refractivity contribution in [2.24, 2.45) is 0 Å². The number of benzene rings is 2. The zero-order valence-electron chi connectivity index (χ0n) is 11.2. The van der Waals surface area contributed by atoms with Crippen LogP contribution in [0.4, 0.5) is 5.69 Å². The van der Waals surface area contributed by atoms with Crippen molar-refractivity contribution in [1.82, 2.24) is 0 Å². The Labute approximate surface area is 122 Å². The topological polar surface area (TPSA) is 72.6 Å². The first-order chi connectivity index (χ1) is 10.2. The fourth-order valence-electron chi connectivity index (χ4n) is 1.77. The molecule has 0 unspecified atom stereocenters. The van der Waals surface area contributed by atoms with Gasteiger partial charge in [-0.25, -0.2) is 0 Å². The Balaban J connectivity index is 2.12. The van der Waals surface area contributed by atoms with Gasteiger partial charge in [0.2, 0.25) is 0 Å². The number of ether oxygens (including phenoxy) is 1. The minimum Gasteiger partial charge on any atom is -0.482 e. The first kappa shape index (κ1) is 14.6. The molecule has 0 radical (unpaired) electrons. The molecule has 0 saturated heterocycles. The predicted octanol–water partition coefficient (Wildman–Crippen LogP) is 2.52. The van der Waals surface area contributed by atoms with Gasteiger partial charge in [0, 0.05) is 11.6 Å². The van der Waals surface area contributed by atoms with Gasteiger partial charge in [0.05, 0.1) is 4.92 Å². The van der Waals surface area contributed by atoms with E-state index in [1.165, 1.54) is 6.07 Å². The number of para-hydroxylation sites is 2. The summed E-state index contributed by atoms with van der Waals surface area (Å²) in [5.41, 5.74) is 1.54. The predicted molar refractivity (Wildman–Crippen MR) is 77.8 cm³/mol. The molecule has 2 aromatic rings. The van der Waals surface area contributed by atoms with Gasteiger partial charge in [-0.1, -0.05) is 36.1 Å². The fourth-order valence-corrected chi connectivity index (χ4v) is 1.77. The maximum atomic E-state index is 10.9. The van der Waals surface area contributed by atoms with Crippen molar-refractivity contribution in [3.63, 3.8) is 0 Å². The molecule has 106 valence electrons. The number of aliphatic hydroxyl groups is 1. The third-order valence-electron chi connectivity index (χ3n) is 2.70. The molecule has 0 saturated carbocycles. The summed E-state index contributed by atoms with van der Waals surface area (Å²) in [5, 5.41) is 19.6. The van der Waals surface area contributed by atoms with Crippen molar-refractivity contribution in [3.05, 3.63) is 69.8 Å². The molecule has 5 nitrogen and oxygen atoms in total. The summed E-state index contributed by atoms with van der Waals surface area (Å²) in [4.78, 5) is 10.4. The third kappa shape index (κ3) is 4.06. The van der Waals surface area contributed by atoms with Crippen LogP contribution < -0.4 is 4.74 Å². The molecule has 0 bridgehead atoms. The van der Waals surface area contributed by atoms with Crippen LogP contribution in [0.1, 0.15) is 11.1 Å². The Morgan fingerprint density at radius 2 is 2.00 bits per heavy atom. The highest BCUT2D eigenvalue weighted by Gasteiger charge is 2.13. The van der Waals surface area contributed by atoms with Crippen LogP contribution in [0.5, 0.6) is 5.75 Å². The van der Waals surface area contributed by atoms with Gasteiger partial charge in [-0.05, 0) is 23.8 Å². The molecule has 0 aliphatic carbocycles. The lowest BCUT2D eigenvalue weighted by Crippen LogP contribution is -1.99. The molecule has 0 atom stereocenters. The molecule has 2 aromatic carbocycles. The van der Waals surface area contributed by atoms with E-state index in [1.54, 1.807) is 18.2 Å². The van der Waals surface area contributed by atoms with E-state index in [-0.39, 0.29) is 24.7 Å². The normalized spacial score (nSPS) is 9.57. The van der Waals surface area contributed by atoms with E-state index in [2.05, 4.69) is 11.8 Å². The maximum Gasteiger partial charge on any atom is 0.310 e. The van der Waals surface area contributed by atoms with Crippen molar-refractivity contribution >= 4 is 5.69 Å². The van der Waals surface area contributed by atoms with Crippen LogP contribution in [0.15, 0.2) is 48.5 Å². The third-order valence-corrected chi connectivity index (χ3v) is 2.70. The molecule has 0 aromatic heterocycles. The van der Waals surface area contributed by atoms with Crippen molar-refractivity contribution in [2.75, 3.05) is 6.61 Å². The average Bonchev–Trinajstić information content (AvgIpc) is 2.51. The van der Waals surface area contributed by atoms with E-state index >= 15 is 0 Å². The molecule has 0 aliphatic rings. The van der Waals surface area contributed by atoms with Crippen molar-refractivity contribution < 1.29 is 14.8 Å². The summed E-state index contributed by atoms with van der Waals surface area (Å²) in [6.45, 7) is 0.0104. The molecule has 1 N–H and O–H groups in total. The van der Waals surface area contributed by atoms with E-state index in [9.17, 15) is 10.1 Å². The van der Waals surface area contributed by atoms with E-state index in [4.69, 9.17) is 9.84 Å². The minimum atomic E-state index is -0.474. The van der Waals surface area contributed by atoms with Crippen molar-refractivity contribution in [2.45, 2.75) is 6.61 Å². The quantitative estimate of drug-likeness (QED) is 0.531. The molecule has 0 heterocycles. The van der Waals surface area contributed by atoms with Crippen LogP contribution in [-0.2, 0) is 6.61 Å². The first-order valence-electron chi connectivity index (χ1n) is 6.25. The summed E-state index contributed by atoms with van der Waals surface area (Å²) in [5.74, 6) is 5.59. The average molecular weight is 283 g/mol. The summed E-state index contributed by atoms with van der Waals surface area (Å²) < 4.78 is 5.50. The van der Waals surface area contributed by atoms with Gasteiger partial charge < -0.3 is 9.84 Å². The number of aliphatic hydroxyl groups excluding tert-OH is 1. The summed E-state index contributed by atoms with van der Waals surface area (Å²) in [6, 6.07) is 13.5. The van der Waals surface area contributed by atoms with Gasteiger partial charge in [0.1, 0.15) is 13.2 Å². The molecule has 5 heteroatoms. The van der Waals surface area contributed by atoms with Gasteiger partial charge in [0.15, 0.2) is 5.75 Å². The lowest BCUT2D eigenvalue weighted by atomic mass is 10.1. The molecular weight excluding hydrogens is 270 g/mol. The molecule has 0 fully saturated rings. The number of hydrogen-bond acceptors (Lipinski definition) is 4. The number of rotatable bonds is 4. The number of nitro benzene ring substituents is 1. The maximum absolute atomic E-state index is 10.9. The first-order valence-corrected chi connectivity index (χ1v) is 6.25. The standard InChI is InChI=1S/C16H13NO4/c18-10-4-7-13-5-3-6-14(11-13)12-21-16-9-2-1-8-15(16)17(19)20/h1-3,5-6,8-9,11,18H,10,12H2. The highest BCUT2D eigenvalue weighted by molar-refractivity contribution is 5.46. The van der Waals surface area contributed by atoms with Gasteiger partial charge >= 0.3 is 5.69 Å². The minimum absolute atomic E-state index is 0.0614. The summed E-state index contributed by atoms with van der Waals surface area (Å²) >= 11 is 0. The van der Waals surface area contributed by atoms with Crippen LogP contribution in [0, 0.1) is 22.0 Å². The smallest absolute Gasteiger partial charge is 0.310 e. The zero-order valence-corrected chi connectivity index (χ0v) is 11.2. The van der Waals surface area contributed by atoms with E-state index < -0.39 is 4.92 Å². The van der Waals surface area contributed by atoms with Crippen molar-refractivity contribution in [1.29, 1.82) is 0 Å². The SMILES string of the molecule is O=[N+]([O-])c1ccccc1OCc1cccc(C#CCO)c1.